The minimum atomic E-state index is -0.990. The molecule has 5 nitrogen and oxygen atoms in total. The first-order valence-electron chi connectivity index (χ1n) is 6.90. The van der Waals surface area contributed by atoms with Gasteiger partial charge >= 0.3 is 12.0 Å². The standard InChI is InChI=1S/C14H24N2O3/c1-13(2)9-5-6-14(3,7-9)11(13)15-12(19)16(4)8-10(17)18/h9,11H,5-8H2,1-4H3,(H,15,19)(H,17,18). The van der Waals surface area contributed by atoms with Crippen molar-refractivity contribution in [2.75, 3.05) is 13.6 Å². The normalized spacial score (nSPS) is 35.2. The van der Waals surface area contributed by atoms with Crippen molar-refractivity contribution >= 4 is 12.0 Å². The summed E-state index contributed by atoms with van der Waals surface area (Å²) >= 11 is 0. The topological polar surface area (TPSA) is 69.6 Å². The molecule has 2 aliphatic carbocycles. The minimum Gasteiger partial charge on any atom is -0.480 e. The van der Waals surface area contributed by atoms with Gasteiger partial charge in [0.1, 0.15) is 6.54 Å². The Balaban J connectivity index is 2.06. The second-order valence-electron chi connectivity index (χ2n) is 7.05. The molecule has 0 heterocycles. The predicted octanol–water partition coefficient (Wildman–Crippen LogP) is 1.93. The Bertz CT molecular complexity index is 403. The van der Waals surface area contributed by atoms with E-state index in [0.29, 0.717) is 5.92 Å². The van der Waals surface area contributed by atoms with Gasteiger partial charge in [-0.3, -0.25) is 4.79 Å². The molecular weight excluding hydrogens is 244 g/mol. The molecule has 2 rings (SSSR count). The molecule has 0 spiro atoms. The lowest BCUT2D eigenvalue weighted by molar-refractivity contribution is -0.137. The number of likely N-dealkylation sites (N-methyl/N-ethyl adjacent to an activating group) is 1. The van der Waals surface area contributed by atoms with E-state index >= 15 is 0 Å². The molecule has 3 atom stereocenters. The number of carboxylic acids is 1. The van der Waals surface area contributed by atoms with E-state index in [1.165, 1.54) is 18.4 Å². The molecule has 19 heavy (non-hydrogen) atoms. The second-order valence-corrected chi connectivity index (χ2v) is 7.05. The highest BCUT2D eigenvalue weighted by atomic mass is 16.4. The molecule has 0 aromatic heterocycles. The van der Waals surface area contributed by atoms with Gasteiger partial charge in [-0.05, 0) is 36.0 Å². The van der Waals surface area contributed by atoms with Gasteiger partial charge in [0.25, 0.3) is 0 Å². The quantitative estimate of drug-likeness (QED) is 0.821. The third kappa shape index (κ3) is 2.30. The van der Waals surface area contributed by atoms with E-state index in [9.17, 15) is 9.59 Å². The number of urea groups is 1. The molecular formula is C14H24N2O3. The zero-order valence-electron chi connectivity index (χ0n) is 12.2. The Morgan fingerprint density at radius 2 is 2.00 bits per heavy atom. The van der Waals surface area contributed by atoms with Crippen LogP contribution in [0.1, 0.15) is 40.0 Å². The van der Waals surface area contributed by atoms with E-state index in [-0.39, 0.29) is 29.4 Å². The molecule has 2 saturated carbocycles. The van der Waals surface area contributed by atoms with Crippen LogP contribution in [0.5, 0.6) is 0 Å². The van der Waals surface area contributed by atoms with Crippen LogP contribution in [0.25, 0.3) is 0 Å². The van der Waals surface area contributed by atoms with Crippen LogP contribution in [0.15, 0.2) is 0 Å². The van der Waals surface area contributed by atoms with Crippen LogP contribution in [-0.2, 0) is 4.79 Å². The summed E-state index contributed by atoms with van der Waals surface area (Å²) in [6.07, 6.45) is 3.54. The Morgan fingerprint density at radius 3 is 2.47 bits per heavy atom. The van der Waals surface area contributed by atoms with Gasteiger partial charge in [-0.15, -0.1) is 0 Å². The molecule has 0 aromatic carbocycles. The summed E-state index contributed by atoms with van der Waals surface area (Å²) in [5.74, 6) is -0.330. The first-order valence-corrected chi connectivity index (χ1v) is 6.90. The predicted molar refractivity (Wildman–Crippen MR) is 71.8 cm³/mol. The van der Waals surface area contributed by atoms with Crippen molar-refractivity contribution in [2.24, 2.45) is 16.7 Å². The average molecular weight is 268 g/mol. The summed E-state index contributed by atoms with van der Waals surface area (Å²) in [6.45, 7) is 6.40. The van der Waals surface area contributed by atoms with E-state index in [1.54, 1.807) is 0 Å². The fourth-order valence-electron chi connectivity index (χ4n) is 4.17. The van der Waals surface area contributed by atoms with Gasteiger partial charge in [0.05, 0.1) is 0 Å². The minimum absolute atomic E-state index is 0.0900. The van der Waals surface area contributed by atoms with Crippen LogP contribution in [0.2, 0.25) is 0 Å². The average Bonchev–Trinajstić information content (AvgIpc) is 2.74. The number of aliphatic carboxylic acids is 1. The number of carbonyl (C=O) groups is 2. The maximum absolute atomic E-state index is 12.1. The van der Waals surface area contributed by atoms with Crippen LogP contribution in [0, 0.1) is 16.7 Å². The van der Waals surface area contributed by atoms with Gasteiger partial charge in [-0.2, -0.15) is 0 Å². The van der Waals surface area contributed by atoms with E-state index in [1.807, 2.05) is 0 Å². The van der Waals surface area contributed by atoms with Gasteiger partial charge < -0.3 is 15.3 Å². The summed E-state index contributed by atoms with van der Waals surface area (Å²) in [7, 11) is 1.52. The Morgan fingerprint density at radius 1 is 1.37 bits per heavy atom. The third-order valence-corrected chi connectivity index (χ3v) is 5.26. The van der Waals surface area contributed by atoms with Crippen molar-refractivity contribution in [1.82, 2.24) is 10.2 Å². The van der Waals surface area contributed by atoms with E-state index < -0.39 is 5.97 Å². The molecule has 2 aliphatic rings. The molecule has 2 fully saturated rings. The summed E-state index contributed by atoms with van der Waals surface area (Å²) in [5, 5.41) is 11.8. The summed E-state index contributed by atoms with van der Waals surface area (Å²) in [5.41, 5.74) is 0.251. The van der Waals surface area contributed by atoms with Crippen LogP contribution >= 0.6 is 0 Å². The van der Waals surface area contributed by atoms with Crippen molar-refractivity contribution < 1.29 is 14.7 Å². The van der Waals surface area contributed by atoms with E-state index in [4.69, 9.17) is 5.11 Å². The lowest BCUT2D eigenvalue weighted by atomic mass is 9.68. The lowest BCUT2D eigenvalue weighted by Crippen LogP contribution is -2.55. The van der Waals surface area contributed by atoms with Gasteiger partial charge in [0.2, 0.25) is 0 Å². The van der Waals surface area contributed by atoms with Crippen LogP contribution in [0.4, 0.5) is 4.79 Å². The summed E-state index contributed by atoms with van der Waals surface area (Å²) in [6, 6.07) is -0.156. The number of carboxylic acid groups (broad SMARTS) is 1. The molecule has 2 N–H and O–H groups in total. The van der Waals surface area contributed by atoms with Crippen molar-refractivity contribution in [3.63, 3.8) is 0 Å². The first kappa shape index (κ1) is 14.2. The van der Waals surface area contributed by atoms with Crippen molar-refractivity contribution in [1.29, 1.82) is 0 Å². The van der Waals surface area contributed by atoms with Gasteiger partial charge in [-0.1, -0.05) is 20.8 Å². The Kier molecular flexibility index (Phi) is 3.27. The van der Waals surface area contributed by atoms with Crippen LogP contribution in [-0.4, -0.2) is 41.6 Å². The highest BCUT2D eigenvalue weighted by molar-refractivity contribution is 5.80. The largest absolute Gasteiger partial charge is 0.480 e. The number of hydrogen-bond acceptors (Lipinski definition) is 2. The van der Waals surface area contributed by atoms with Crippen molar-refractivity contribution in [2.45, 2.75) is 46.1 Å². The molecule has 108 valence electrons. The molecule has 0 saturated heterocycles. The molecule has 0 aliphatic heterocycles. The number of nitrogens with one attached hydrogen (secondary N) is 1. The Hall–Kier alpha value is -1.26. The monoisotopic (exact) mass is 268 g/mol. The highest BCUT2D eigenvalue weighted by Gasteiger charge is 2.59. The Labute approximate surface area is 114 Å². The molecule has 0 aromatic rings. The third-order valence-electron chi connectivity index (χ3n) is 5.26. The molecule has 0 radical (unpaired) electrons. The second kappa shape index (κ2) is 4.39. The SMILES string of the molecule is CN(CC(=O)O)C(=O)NC1C2(C)CCC(C2)C1(C)C. The molecule has 2 amide bonds. The number of rotatable bonds is 3. The smallest absolute Gasteiger partial charge is 0.323 e. The van der Waals surface area contributed by atoms with Gasteiger partial charge in [0, 0.05) is 13.1 Å². The van der Waals surface area contributed by atoms with Gasteiger partial charge in [0.15, 0.2) is 0 Å². The summed E-state index contributed by atoms with van der Waals surface area (Å²) in [4.78, 5) is 24.0. The van der Waals surface area contributed by atoms with Crippen LogP contribution in [0.3, 0.4) is 0 Å². The molecule has 2 bridgehead atoms. The highest BCUT2D eigenvalue weighted by Crippen LogP contribution is 2.62. The van der Waals surface area contributed by atoms with Crippen molar-refractivity contribution in [3.8, 4) is 0 Å². The van der Waals surface area contributed by atoms with Crippen LogP contribution < -0.4 is 5.32 Å². The summed E-state index contributed by atoms with van der Waals surface area (Å²) < 4.78 is 0. The fourth-order valence-corrected chi connectivity index (χ4v) is 4.17. The number of amides is 2. The maximum Gasteiger partial charge on any atom is 0.323 e. The molecule has 3 unspecified atom stereocenters. The zero-order chi connectivity index (χ0) is 14.4. The number of hydrogen-bond donors (Lipinski definition) is 2. The van der Waals surface area contributed by atoms with E-state index in [2.05, 4.69) is 26.1 Å². The van der Waals surface area contributed by atoms with Crippen molar-refractivity contribution in [3.05, 3.63) is 0 Å². The van der Waals surface area contributed by atoms with E-state index in [0.717, 1.165) is 12.8 Å². The maximum atomic E-state index is 12.1. The zero-order valence-corrected chi connectivity index (χ0v) is 12.2. The lowest BCUT2D eigenvalue weighted by Gasteiger charge is -2.43. The number of carbonyl (C=O) groups excluding carboxylic acids is 1. The molecule has 5 heteroatoms. The number of fused-ring (bicyclic) bond motifs is 2. The van der Waals surface area contributed by atoms with Gasteiger partial charge in [-0.25, -0.2) is 4.79 Å². The first-order chi connectivity index (χ1) is 8.67. The number of nitrogens with zero attached hydrogens (tertiary/aromatic N) is 1. The fraction of sp³-hybridized carbons (Fsp3) is 0.857.